The van der Waals surface area contributed by atoms with Gasteiger partial charge in [0.05, 0.1) is 5.92 Å². The molecule has 1 rings (SSSR count). The number of rotatable bonds is 5. The minimum absolute atomic E-state index is 0.0646. The first-order valence-electron chi connectivity index (χ1n) is 6.88. The molecule has 0 unspecified atom stereocenters. The number of primary amides is 1. The van der Waals surface area contributed by atoms with Crippen LogP contribution in [0.5, 0.6) is 0 Å². The lowest BCUT2D eigenvalue weighted by Gasteiger charge is -2.24. The van der Waals surface area contributed by atoms with Gasteiger partial charge >= 0.3 is 6.09 Å². The van der Waals surface area contributed by atoms with E-state index >= 15 is 0 Å². The molecule has 0 fully saturated rings. The molecule has 1 heterocycles. The monoisotopic (exact) mass is 297 g/mol. The average molecular weight is 297 g/mol. The van der Waals surface area contributed by atoms with Gasteiger partial charge in [0.2, 0.25) is 5.89 Å². The second kappa shape index (κ2) is 6.60. The van der Waals surface area contributed by atoms with Crippen LogP contribution >= 0.6 is 0 Å². The third-order valence-electron chi connectivity index (χ3n) is 2.87. The first-order valence-corrected chi connectivity index (χ1v) is 6.88. The van der Waals surface area contributed by atoms with Crippen LogP contribution < -0.4 is 11.1 Å². The normalized spacial score (nSPS) is 14.3. The Kier molecular flexibility index (Phi) is 5.34. The highest BCUT2D eigenvalue weighted by molar-refractivity contribution is 5.90. The van der Waals surface area contributed by atoms with Gasteiger partial charge in [-0.3, -0.25) is 4.79 Å². The van der Waals surface area contributed by atoms with Crippen molar-refractivity contribution in [3.05, 3.63) is 17.8 Å². The Balaban J connectivity index is 2.74. The molecule has 118 valence electrons. The molecule has 21 heavy (non-hydrogen) atoms. The number of oxazole rings is 1. The summed E-state index contributed by atoms with van der Waals surface area (Å²) in [6.45, 7) is 9.27. The first-order chi connectivity index (χ1) is 9.64. The smallest absolute Gasteiger partial charge is 0.407 e. The van der Waals surface area contributed by atoms with Crippen molar-refractivity contribution >= 4 is 12.0 Å². The van der Waals surface area contributed by atoms with Gasteiger partial charge in [0.25, 0.3) is 5.91 Å². The second-order valence-corrected chi connectivity index (χ2v) is 5.94. The predicted molar refractivity (Wildman–Crippen MR) is 76.9 cm³/mol. The summed E-state index contributed by atoms with van der Waals surface area (Å²) in [5.41, 5.74) is 4.83. The van der Waals surface area contributed by atoms with Crippen molar-refractivity contribution in [3.63, 3.8) is 0 Å². The summed E-state index contributed by atoms with van der Waals surface area (Å²) in [5, 5.41) is 2.72. The number of nitrogens with one attached hydrogen (secondary N) is 1. The molecule has 3 N–H and O–H groups in total. The van der Waals surface area contributed by atoms with Crippen LogP contribution in [0.2, 0.25) is 0 Å². The number of amides is 2. The van der Waals surface area contributed by atoms with Crippen molar-refractivity contribution in [1.82, 2.24) is 10.3 Å². The van der Waals surface area contributed by atoms with E-state index in [1.54, 1.807) is 6.92 Å². The van der Waals surface area contributed by atoms with Crippen LogP contribution in [-0.2, 0) is 4.74 Å². The summed E-state index contributed by atoms with van der Waals surface area (Å²) in [5.74, 6) is -0.565. The molecule has 0 spiro atoms. The zero-order chi connectivity index (χ0) is 16.2. The van der Waals surface area contributed by atoms with E-state index in [0.29, 0.717) is 12.3 Å². The highest BCUT2D eigenvalue weighted by Gasteiger charge is 2.27. The maximum atomic E-state index is 11.8. The Morgan fingerprint density at radius 1 is 1.48 bits per heavy atom. The Morgan fingerprint density at radius 2 is 2.10 bits per heavy atom. The summed E-state index contributed by atoms with van der Waals surface area (Å²) in [6.07, 6.45) is 0.900. The lowest BCUT2D eigenvalue weighted by atomic mass is 10.0. The van der Waals surface area contributed by atoms with E-state index in [9.17, 15) is 9.59 Å². The molecule has 1 aromatic heterocycles. The van der Waals surface area contributed by atoms with Crippen LogP contribution in [0.1, 0.15) is 63.3 Å². The Hall–Kier alpha value is -2.05. The van der Waals surface area contributed by atoms with E-state index in [-0.39, 0.29) is 17.2 Å². The quantitative estimate of drug-likeness (QED) is 0.866. The molecule has 0 aliphatic rings. The third kappa shape index (κ3) is 5.09. The van der Waals surface area contributed by atoms with Crippen LogP contribution in [0, 0.1) is 0 Å². The van der Waals surface area contributed by atoms with Gasteiger partial charge in [-0.25, -0.2) is 9.78 Å². The molecule has 2 atom stereocenters. The van der Waals surface area contributed by atoms with Gasteiger partial charge in [0.1, 0.15) is 12.4 Å². The number of nitrogens with two attached hydrogens (primary N) is 1. The number of carbonyl (C=O) groups excluding carboxylic acids is 2. The predicted octanol–water partition coefficient (Wildman–Crippen LogP) is 2.18. The SMILES string of the molecule is CC[C@@H](c1nc(C(N)=O)co1)[C@@H](C)OC(=O)NC(C)(C)C. The van der Waals surface area contributed by atoms with Crippen LogP contribution in [0.25, 0.3) is 0 Å². The molecular weight excluding hydrogens is 274 g/mol. The van der Waals surface area contributed by atoms with Gasteiger partial charge < -0.3 is 20.2 Å². The van der Waals surface area contributed by atoms with E-state index in [1.165, 1.54) is 6.26 Å². The van der Waals surface area contributed by atoms with Crippen molar-refractivity contribution in [1.29, 1.82) is 0 Å². The van der Waals surface area contributed by atoms with E-state index < -0.39 is 18.1 Å². The molecule has 2 amide bonds. The van der Waals surface area contributed by atoms with Crippen LogP contribution in [-0.4, -0.2) is 28.6 Å². The van der Waals surface area contributed by atoms with Gasteiger partial charge in [-0.1, -0.05) is 6.92 Å². The fraction of sp³-hybridized carbons (Fsp3) is 0.643. The zero-order valence-electron chi connectivity index (χ0n) is 13.1. The topological polar surface area (TPSA) is 107 Å². The van der Waals surface area contributed by atoms with Crippen molar-refractivity contribution in [2.45, 2.75) is 58.6 Å². The fourth-order valence-corrected chi connectivity index (χ4v) is 1.87. The lowest BCUT2D eigenvalue weighted by Crippen LogP contribution is -2.42. The van der Waals surface area contributed by atoms with Gasteiger partial charge in [-0.15, -0.1) is 0 Å². The molecule has 0 aliphatic heterocycles. The molecule has 0 saturated carbocycles. The number of carbonyl (C=O) groups is 2. The average Bonchev–Trinajstić information content (AvgIpc) is 2.76. The molecule has 0 radical (unpaired) electrons. The molecule has 7 nitrogen and oxygen atoms in total. The van der Waals surface area contributed by atoms with E-state index in [0.717, 1.165) is 0 Å². The van der Waals surface area contributed by atoms with Crippen molar-refractivity contribution in [3.8, 4) is 0 Å². The largest absolute Gasteiger partial charge is 0.448 e. The molecule has 1 aromatic rings. The molecule has 0 aliphatic carbocycles. The fourth-order valence-electron chi connectivity index (χ4n) is 1.87. The number of nitrogens with zero attached hydrogens (tertiary/aromatic N) is 1. The standard InChI is InChI=1S/C14H23N3O4/c1-6-9(12-16-10(7-20-12)11(15)18)8(2)21-13(19)17-14(3,4)5/h7-9H,6H2,1-5H3,(H2,15,18)(H,17,19)/t8-,9-/m1/s1. The number of alkyl carbamates (subject to hydrolysis) is 1. The molecule has 0 saturated heterocycles. The van der Waals surface area contributed by atoms with Gasteiger partial charge in [0, 0.05) is 5.54 Å². The molecule has 0 bridgehead atoms. The minimum Gasteiger partial charge on any atom is -0.448 e. The summed E-state index contributed by atoms with van der Waals surface area (Å²) in [6, 6.07) is 0. The van der Waals surface area contributed by atoms with Crippen molar-refractivity contribution in [2.75, 3.05) is 0 Å². The first kappa shape index (κ1) is 17.0. The summed E-state index contributed by atoms with van der Waals surface area (Å²) in [4.78, 5) is 26.8. The van der Waals surface area contributed by atoms with Crippen molar-refractivity contribution < 1.29 is 18.7 Å². The minimum atomic E-state index is -0.654. The van der Waals surface area contributed by atoms with Crippen molar-refractivity contribution in [2.24, 2.45) is 5.73 Å². The van der Waals surface area contributed by atoms with Gasteiger partial charge in [-0.05, 0) is 34.1 Å². The zero-order valence-corrected chi connectivity index (χ0v) is 13.1. The van der Waals surface area contributed by atoms with E-state index in [4.69, 9.17) is 14.9 Å². The van der Waals surface area contributed by atoms with Gasteiger partial charge in [-0.2, -0.15) is 0 Å². The molecule has 0 aromatic carbocycles. The summed E-state index contributed by atoms with van der Waals surface area (Å²) >= 11 is 0. The van der Waals surface area contributed by atoms with Gasteiger partial charge in [0.15, 0.2) is 5.69 Å². The van der Waals surface area contributed by atoms with Crippen LogP contribution in [0.15, 0.2) is 10.7 Å². The Labute approximate surface area is 124 Å². The molecular formula is C14H23N3O4. The number of aromatic nitrogens is 1. The lowest BCUT2D eigenvalue weighted by molar-refractivity contribution is 0.0791. The maximum Gasteiger partial charge on any atom is 0.407 e. The maximum absolute atomic E-state index is 11.8. The number of hydrogen-bond acceptors (Lipinski definition) is 5. The summed E-state index contributed by atoms with van der Waals surface area (Å²) in [7, 11) is 0. The van der Waals surface area contributed by atoms with Crippen LogP contribution in [0.3, 0.4) is 0 Å². The van der Waals surface area contributed by atoms with E-state index in [1.807, 2.05) is 27.7 Å². The summed E-state index contributed by atoms with van der Waals surface area (Å²) < 4.78 is 10.6. The third-order valence-corrected chi connectivity index (χ3v) is 2.87. The highest BCUT2D eigenvalue weighted by Crippen LogP contribution is 2.25. The Bertz CT molecular complexity index is 505. The highest BCUT2D eigenvalue weighted by atomic mass is 16.6. The van der Waals surface area contributed by atoms with Crippen LogP contribution in [0.4, 0.5) is 4.79 Å². The number of ether oxygens (including phenoxy) is 1. The number of hydrogen-bond donors (Lipinski definition) is 2. The second-order valence-electron chi connectivity index (χ2n) is 5.94. The Morgan fingerprint density at radius 3 is 2.52 bits per heavy atom. The van der Waals surface area contributed by atoms with E-state index in [2.05, 4.69) is 10.3 Å². The molecule has 7 heteroatoms.